The molecule has 0 unspecified atom stereocenters. The van der Waals surface area contributed by atoms with E-state index < -0.39 is 0 Å². The fourth-order valence-electron chi connectivity index (χ4n) is 4.83. The van der Waals surface area contributed by atoms with Gasteiger partial charge in [0.1, 0.15) is 5.82 Å². The van der Waals surface area contributed by atoms with Crippen molar-refractivity contribution in [1.29, 1.82) is 0 Å². The van der Waals surface area contributed by atoms with Crippen LogP contribution >= 0.6 is 0 Å². The first-order valence-electron chi connectivity index (χ1n) is 12.0. The SMILES string of the molecule is C.COc1cc(CNC2CCC(CNc3nc(N(C)C)c4ccccc4n3)CC2)cc2c1OCO2. The number of nitrogens with zero attached hydrogens (tertiary/aromatic N) is 3. The van der Waals surface area contributed by atoms with Crippen LogP contribution in [0.5, 0.6) is 17.2 Å². The molecule has 0 saturated heterocycles. The van der Waals surface area contributed by atoms with Crippen LogP contribution in [0.3, 0.4) is 0 Å². The predicted molar refractivity (Wildman–Crippen MR) is 141 cm³/mol. The molecule has 1 fully saturated rings. The van der Waals surface area contributed by atoms with Gasteiger partial charge in [-0.1, -0.05) is 19.6 Å². The van der Waals surface area contributed by atoms with Gasteiger partial charge in [-0.25, -0.2) is 4.98 Å². The molecule has 2 heterocycles. The Hall–Kier alpha value is -3.26. The van der Waals surface area contributed by atoms with E-state index in [4.69, 9.17) is 24.2 Å². The maximum atomic E-state index is 5.55. The van der Waals surface area contributed by atoms with Crippen LogP contribution in [0.4, 0.5) is 11.8 Å². The molecule has 2 aromatic carbocycles. The van der Waals surface area contributed by atoms with E-state index in [0.717, 1.165) is 59.7 Å². The van der Waals surface area contributed by atoms with Crippen LogP contribution < -0.4 is 29.7 Å². The van der Waals surface area contributed by atoms with Crippen molar-refractivity contribution in [2.45, 2.75) is 45.7 Å². The standard InChI is InChI=1S/C26H33N5O3.CH4/c1-31(2)25-20-6-4-5-7-21(20)29-26(30-25)28-14-17-8-10-19(11-9-17)27-15-18-12-22(32-3)24-23(13-18)33-16-34-24;/h4-7,12-13,17,19,27H,8-11,14-16H2,1-3H3,(H,28,29,30);1H4. The van der Waals surface area contributed by atoms with Crippen molar-refractivity contribution in [3.05, 3.63) is 42.0 Å². The van der Waals surface area contributed by atoms with Crippen LogP contribution in [0.2, 0.25) is 0 Å². The van der Waals surface area contributed by atoms with Crippen LogP contribution in [0.25, 0.3) is 10.9 Å². The van der Waals surface area contributed by atoms with Gasteiger partial charge in [0.15, 0.2) is 11.5 Å². The number of nitrogens with one attached hydrogen (secondary N) is 2. The second-order valence-electron chi connectivity index (χ2n) is 9.29. The number of hydrogen-bond donors (Lipinski definition) is 2. The minimum Gasteiger partial charge on any atom is -0.493 e. The first-order valence-corrected chi connectivity index (χ1v) is 12.0. The van der Waals surface area contributed by atoms with Crippen LogP contribution in [-0.2, 0) is 6.54 Å². The van der Waals surface area contributed by atoms with Gasteiger partial charge in [-0.05, 0) is 61.4 Å². The molecule has 35 heavy (non-hydrogen) atoms. The van der Waals surface area contributed by atoms with Gasteiger partial charge in [0.2, 0.25) is 18.5 Å². The molecule has 188 valence electrons. The number of anilines is 2. The Kier molecular flexibility index (Phi) is 7.80. The fourth-order valence-corrected chi connectivity index (χ4v) is 4.83. The maximum Gasteiger partial charge on any atom is 0.231 e. The van der Waals surface area contributed by atoms with Gasteiger partial charge in [0.25, 0.3) is 0 Å². The van der Waals surface area contributed by atoms with Crippen molar-refractivity contribution in [3.8, 4) is 17.2 Å². The smallest absolute Gasteiger partial charge is 0.231 e. The Balaban J connectivity index is 0.00000289. The number of para-hydroxylation sites is 1. The van der Waals surface area contributed by atoms with Gasteiger partial charge in [-0.2, -0.15) is 4.98 Å². The second kappa shape index (κ2) is 11.0. The van der Waals surface area contributed by atoms with E-state index in [9.17, 15) is 0 Å². The Bertz CT molecular complexity index is 1150. The third kappa shape index (κ3) is 5.53. The van der Waals surface area contributed by atoms with Crippen molar-refractivity contribution >= 4 is 22.7 Å². The third-order valence-electron chi connectivity index (χ3n) is 6.72. The number of hydrogen-bond acceptors (Lipinski definition) is 8. The molecule has 0 bridgehead atoms. The average Bonchev–Trinajstić information content (AvgIpc) is 3.34. The van der Waals surface area contributed by atoms with Gasteiger partial charge in [0.05, 0.1) is 12.6 Å². The number of fused-ring (bicyclic) bond motifs is 2. The van der Waals surface area contributed by atoms with Crippen LogP contribution in [0, 0.1) is 5.92 Å². The summed E-state index contributed by atoms with van der Waals surface area (Å²) in [7, 11) is 5.70. The molecule has 2 N–H and O–H groups in total. The Labute approximate surface area is 208 Å². The molecular formula is C27H37N5O3. The van der Waals surface area contributed by atoms with Crippen LogP contribution in [0.15, 0.2) is 36.4 Å². The summed E-state index contributed by atoms with van der Waals surface area (Å²) in [5.41, 5.74) is 2.12. The highest BCUT2D eigenvalue weighted by molar-refractivity contribution is 5.90. The van der Waals surface area contributed by atoms with Crippen LogP contribution in [0.1, 0.15) is 38.7 Å². The second-order valence-corrected chi connectivity index (χ2v) is 9.29. The monoisotopic (exact) mass is 479 g/mol. The quantitative estimate of drug-likeness (QED) is 0.476. The Morgan fingerprint density at radius 3 is 2.63 bits per heavy atom. The largest absolute Gasteiger partial charge is 0.493 e. The minimum atomic E-state index is 0. The summed E-state index contributed by atoms with van der Waals surface area (Å²) in [5, 5.41) is 8.29. The highest BCUT2D eigenvalue weighted by atomic mass is 16.7. The van der Waals surface area contributed by atoms with E-state index in [1.807, 2.05) is 49.3 Å². The van der Waals surface area contributed by atoms with Gasteiger partial charge in [0, 0.05) is 38.6 Å². The van der Waals surface area contributed by atoms with Crippen molar-refractivity contribution < 1.29 is 14.2 Å². The zero-order valence-electron chi connectivity index (χ0n) is 20.1. The first-order chi connectivity index (χ1) is 16.6. The van der Waals surface area contributed by atoms with Gasteiger partial charge >= 0.3 is 0 Å². The number of rotatable bonds is 8. The lowest BCUT2D eigenvalue weighted by atomic mass is 9.86. The lowest BCUT2D eigenvalue weighted by molar-refractivity contribution is 0.171. The molecular weight excluding hydrogens is 442 g/mol. The van der Waals surface area contributed by atoms with Crippen molar-refractivity contribution in [2.24, 2.45) is 5.92 Å². The predicted octanol–water partition coefficient (Wildman–Crippen LogP) is 4.83. The molecule has 8 heteroatoms. The molecule has 2 aliphatic rings. The fraction of sp³-hybridized carbons (Fsp3) is 0.481. The Morgan fingerprint density at radius 2 is 1.86 bits per heavy atom. The number of aromatic nitrogens is 2. The molecule has 1 aliphatic heterocycles. The molecule has 0 amide bonds. The van der Waals surface area contributed by atoms with E-state index in [0.29, 0.717) is 23.7 Å². The summed E-state index contributed by atoms with van der Waals surface area (Å²) in [5.74, 6) is 4.48. The molecule has 1 aromatic heterocycles. The highest BCUT2D eigenvalue weighted by Gasteiger charge is 2.23. The summed E-state index contributed by atoms with van der Waals surface area (Å²) < 4.78 is 16.5. The summed E-state index contributed by atoms with van der Waals surface area (Å²) in [6.07, 6.45) is 4.69. The van der Waals surface area contributed by atoms with E-state index in [-0.39, 0.29) is 14.2 Å². The third-order valence-corrected chi connectivity index (χ3v) is 6.72. The average molecular weight is 480 g/mol. The minimum absolute atomic E-state index is 0. The van der Waals surface area contributed by atoms with Crippen molar-refractivity contribution in [2.75, 3.05) is 44.8 Å². The molecule has 0 atom stereocenters. The molecule has 1 saturated carbocycles. The molecule has 5 rings (SSSR count). The van der Waals surface area contributed by atoms with Gasteiger partial charge < -0.3 is 29.7 Å². The van der Waals surface area contributed by atoms with E-state index >= 15 is 0 Å². The van der Waals surface area contributed by atoms with Crippen molar-refractivity contribution in [1.82, 2.24) is 15.3 Å². The lowest BCUT2D eigenvalue weighted by Crippen LogP contribution is -2.34. The molecule has 8 nitrogen and oxygen atoms in total. The van der Waals surface area contributed by atoms with Gasteiger partial charge in [-0.15, -0.1) is 0 Å². The molecule has 3 aromatic rings. The molecule has 1 aliphatic carbocycles. The Morgan fingerprint density at radius 1 is 1.06 bits per heavy atom. The topological polar surface area (TPSA) is 80.8 Å². The molecule has 0 spiro atoms. The summed E-state index contributed by atoms with van der Waals surface area (Å²) in [6, 6.07) is 12.8. The van der Waals surface area contributed by atoms with E-state index in [1.54, 1.807) is 7.11 Å². The van der Waals surface area contributed by atoms with E-state index in [2.05, 4.69) is 16.7 Å². The number of benzene rings is 2. The zero-order chi connectivity index (χ0) is 23.5. The first kappa shape index (κ1) is 24.9. The lowest BCUT2D eigenvalue weighted by Gasteiger charge is -2.29. The zero-order valence-corrected chi connectivity index (χ0v) is 20.1. The van der Waals surface area contributed by atoms with Crippen molar-refractivity contribution in [3.63, 3.8) is 0 Å². The van der Waals surface area contributed by atoms with Crippen LogP contribution in [-0.4, -0.2) is 50.6 Å². The summed E-state index contributed by atoms with van der Waals surface area (Å²) in [4.78, 5) is 11.5. The maximum absolute atomic E-state index is 5.55. The van der Waals surface area contributed by atoms with E-state index in [1.165, 1.54) is 12.8 Å². The summed E-state index contributed by atoms with van der Waals surface area (Å²) >= 11 is 0. The number of methoxy groups -OCH3 is 1. The summed E-state index contributed by atoms with van der Waals surface area (Å²) in [6.45, 7) is 1.94. The highest BCUT2D eigenvalue weighted by Crippen LogP contribution is 2.41. The van der Waals surface area contributed by atoms with Gasteiger partial charge in [-0.3, -0.25) is 0 Å². The number of ether oxygens (including phenoxy) is 3. The molecule has 0 radical (unpaired) electrons. The normalized spacial score (nSPS) is 18.7.